The molecule has 0 bridgehead atoms. The van der Waals surface area contributed by atoms with Crippen LogP contribution in [0.25, 0.3) is 0 Å². The molecule has 2 N–H and O–H groups in total. The highest BCUT2D eigenvalue weighted by atomic mass is 16.3. The molecule has 2 aliphatic rings. The Kier molecular flexibility index (Phi) is 4.83. The summed E-state index contributed by atoms with van der Waals surface area (Å²) in [5.74, 6) is 0.545. The van der Waals surface area contributed by atoms with Gasteiger partial charge in [0.1, 0.15) is 0 Å². The fraction of sp³-hybridized carbons (Fsp3) is 1.00. The summed E-state index contributed by atoms with van der Waals surface area (Å²) in [4.78, 5) is 2.56. The first-order valence-corrected chi connectivity index (χ1v) is 7.30. The zero-order chi connectivity index (χ0) is 12.3. The minimum Gasteiger partial charge on any atom is -0.396 e. The second kappa shape index (κ2) is 6.17. The van der Waals surface area contributed by atoms with Crippen molar-refractivity contribution in [3.63, 3.8) is 0 Å². The van der Waals surface area contributed by atoms with Gasteiger partial charge in [0.25, 0.3) is 0 Å². The minimum atomic E-state index is 0.376. The summed E-state index contributed by atoms with van der Waals surface area (Å²) in [5.41, 5.74) is 0. The van der Waals surface area contributed by atoms with E-state index in [1.165, 1.54) is 45.2 Å². The van der Waals surface area contributed by atoms with E-state index in [0.29, 0.717) is 30.7 Å². The second-order valence-corrected chi connectivity index (χ2v) is 6.15. The Morgan fingerprint density at radius 2 is 2.06 bits per heavy atom. The lowest BCUT2D eigenvalue weighted by atomic mass is 9.86. The van der Waals surface area contributed by atoms with E-state index < -0.39 is 0 Å². The van der Waals surface area contributed by atoms with Crippen LogP contribution in [0.3, 0.4) is 0 Å². The van der Waals surface area contributed by atoms with Gasteiger partial charge in [-0.3, -0.25) is 4.90 Å². The number of likely N-dealkylation sites (tertiary alicyclic amines) is 1. The molecule has 2 fully saturated rings. The van der Waals surface area contributed by atoms with Gasteiger partial charge in [-0.15, -0.1) is 0 Å². The van der Waals surface area contributed by atoms with Gasteiger partial charge in [0.05, 0.1) is 0 Å². The molecular weight excluding hydrogens is 212 g/mol. The molecule has 1 saturated heterocycles. The maximum Gasteiger partial charge on any atom is 0.0459 e. The van der Waals surface area contributed by atoms with Crippen molar-refractivity contribution in [2.75, 3.05) is 19.7 Å². The SMILES string of the molecule is CC(C)N1CCC(NC2CCCC(CO)C2)C1. The molecule has 0 amide bonds. The van der Waals surface area contributed by atoms with Crippen LogP contribution in [0.2, 0.25) is 0 Å². The number of aliphatic hydroxyl groups is 1. The topological polar surface area (TPSA) is 35.5 Å². The molecule has 1 heterocycles. The van der Waals surface area contributed by atoms with Gasteiger partial charge >= 0.3 is 0 Å². The smallest absolute Gasteiger partial charge is 0.0459 e. The van der Waals surface area contributed by atoms with Crippen molar-refractivity contribution in [2.45, 2.75) is 64.1 Å². The zero-order valence-corrected chi connectivity index (χ0v) is 11.4. The molecule has 1 aliphatic carbocycles. The van der Waals surface area contributed by atoms with Crippen LogP contribution in [0.1, 0.15) is 46.0 Å². The Bertz CT molecular complexity index is 232. The summed E-state index contributed by atoms with van der Waals surface area (Å²) in [7, 11) is 0. The van der Waals surface area contributed by atoms with Gasteiger partial charge in [-0.2, -0.15) is 0 Å². The third-order valence-corrected chi connectivity index (χ3v) is 4.46. The lowest BCUT2D eigenvalue weighted by Crippen LogP contribution is -2.43. The van der Waals surface area contributed by atoms with Crippen LogP contribution < -0.4 is 5.32 Å². The average molecular weight is 240 g/mol. The number of rotatable bonds is 4. The van der Waals surface area contributed by atoms with Crippen LogP contribution in [0.15, 0.2) is 0 Å². The molecule has 0 spiro atoms. The Morgan fingerprint density at radius 1 is 1.24 bits per heavy atom. The van der Waals surface area contributed by atoms with Crippen LogP contribution >= 0.6 is 0 Å². The number of aliphatic hydroxyl groups excluding tert-OH is 1. The fourth-order valence-corrected chi connectivity index (χ4v) is 3.33. The highest BCUT2D eigenvalue weighted by molar-refractivity contribution is 4.87. The Balaban J connectivity index is 1.74. The minimum absolute atomic E-state index is 0.376. The van der Waals surface area contributed by atoms with Gasteiger partial charge in [0, 0.05) is 31.3 Å². The molecule has 3 unspecified atom stereocenters. The highest BCUT2D eigenvalue weighted by Gasteiger charge is 2.28. The second-order valence-electron chi connectivity index (χ2n) is 6.15. The van der Waals surface area contributed by atoms with Gasteiger partial charge < -0.3 is 10.4 Å². The molecule has 1 saturated carbocycles. The first-order valence-electron chi connectivity index (χ1n) is 7.30. The van der Waals surface area contributed by atoms with E-state index in [1.807, 2.05) is 0 Å². The quantitative estimate of drug-likeness (QED) is 0.783. The van der Waals surface area contributed by atoms with Crippen molar-refractivity contribution in [3.05, 3.63) is 0 Å². The van der Waals surface area contributed by atoms with E-state index in [9.17, 15) is 5.11 Å². The van der Waals surface area contributed by atoms with E-state index >= 15 is 0 Å². The van der Waals surface area contributed by atoms with Gasteiger partial charge in [-0.1, -0.05) is 6.42 Å². The maximum absolute atomic E-state index is 9.25. The maximum atomic E-state index is 9.25. The van der Waals surface area contributed by atoms with Crippen molar-refractivity contribution < 1.29 is 5.11 Å². The third kappa shape index (κ3) is 3.67. The Labute approximate surface area is 106 Å². The molecule has 0 aromatic heterocycles. The molecule has 0 aromatic carbocycles. The highest BCUT2D eigenvalue weighted by Crippen LogP contribution is 2.25. The predicted octanol–water partition coefficient (Wildman–Crippen LogP) is 1.61. The summed E-state index contributed by atoms with van der Waals surface area (Å²) in [6.45, 7) is 7.39. The first-order chi connectivity index (χ1) is 8.19. The average Bonchev–Trinajstić information content (AvgIpc) is 2.78. The zero-order valence-electron chi connectivity index (χ0n) is 11.4. The summed E-state index contributed by atoms with van der Waals surface area (Å²) >= 11 is 0. The number of nitrogens with zero attached hydrogens (tertiary/aromatic N) is 1. The van der Waals surface area contributed by atoms with Gasteiger partial charge in [0.15, 0.2) is 0 Å². The number of nitrogens with one attached hydrogen (secondary N) is 1. The normalized spacial score (nSPS) is 35.6. The molecule has 2 rings (SSSR count). The van der Waals surface area contributed by atoms with E-state index in [-0.39, 0.29) is 0 Å². The number of hydrogen-bond acceptors (Lipinski definition) is 3. The molecule has 3 atom stereocenters. The van der Waals surface area contributed by atoms with Crippen molar-refractivity contribution >= 4 is 0 Å². The Morgan fingerprint density at radius 3 is 2.71 bits per heavy atom. The molecule has 0 radical (unpaired) electrons. The van der Waals surface area contributed by atoms with Gasteiger partial charge in [-0.25, -0.2) is 0 Å². The monoisotopic (exact) mass is 240 g/mol. The van der Waals surface area contributed by atoms with Crippen molar-refractivity contribution in [2.24, 2.45) is 5.92 Å². The summed E-state index contributed by atoms with van der Waals surface area (Å²) in [6.07, 6.45) is 6.27. The van der Waals surface area contributed by atoms with Crippen molar-refractivity contribution in [1.82, 2.24) is 10.2 Å². The summed E-state index contributed by atoms with van der Waals surface area (Å²) in [5, 5.41) is 13.1. The van der Waals surface area contributed by atoms with Gasteiger partial charge in [-0.05, 0) is 52.0 Å². The molecule has 3 nitrogen and oxygen atoms in total. The standard InChI is InChI=1S/C14H28N2O/c1-11(2)16-7-6-14(9-16)15-13-5-3-4-12(8-13)10-17/h11-15,17H,3-10H2,1-2H3. The van der Waals surface area contributed by atoms with Crippen LogP contribution in [0.4, 0.5) is 0 Å². The van der Waals surface area contributed by atoms with Crippen LogP contribution in [-0.4, -0.2) is 47.8 Å². The largest absolute Gasteiger partial charge is 0.396 e. The fourth-order valence-electron chi connectivity index (χ4n) is 3.33. The van der Waals surface area contributed by atoms with Gasteiger partial charge in [0.2, 0.25) is 0 Å². The van der Waals surface area contributed by atoms with E-state index in [1.54, 1.807) is 0 Å². The summed E-state index contributed by atoms with van der Waals surface area (Å²) < 4.78 is 0. The van der Waals surface area contributed by atoms with E-state index in [2.05, 4.69) is 24.1 Å². The lowest BCUT2D eigenvalue weighted by molar-refractivity contribution is 0.165. The first kappa shape index (κ1) is 13.3. The van der Waals surface area contributed by atoms with E-state index in [0.717, 1.165) is 0 Å². The molecule has 3 heteroatoms. The molecule has 1 aliphatic heterocycles. The molecule has 17 heavy (non-hydrogen) atoms. The molecular formula is C14H28N2O. The van der Waals surface area contributed by atoms with Crippen LogP contribution in [-0.2, 0) is 0 Å². The van der Waals surface area contributed by atoms with Crippen LogP contribution in [0, 0.1) is 5.92 Å². The molecule has 0 aromatic rings. The molecule has 100 valence electrons. The van der Waals surface area contributed by atoms with Crippen molar-refractivity contribution in [3.8, 4) is 0 Å². The van der Waals surface area contributed by atoms with Crippen LogP contribution in [0.5, 0.6) is 0 Å². The Hall–Kier alpha value is -0.120. The van der Waals surface area contributed by atoms with Crippen molar-refractivity contribution in [1.29, 1.82) is 0 Å². The predicted molar refractivity (Wildman–Crippen MR) is 71.1 cm³/mol. The number of hydrogen-bond donors (Lipinski definition) is 2. The lowest BCUT2D eigenvalue weighted by Gasteiger charge is -2.31. The van der Waals surface area contributed by atoms with E-state index in [4.69, 9.17) is 0 Å². The third-order valence-electron chi connectivity index (χ3n) is 4.46. The summed E-state index contributed by atoms with van der Waals surface area (Å²) in [6, 6.07) is 2.01.